The van der Waals surface area contributed by atoms with Gasteiger partial charge in [-0.1, -0.05) is 30.3 Å². The molecule has 3 rings (SSSR count). The van der Waals surface area contributed by atoms with Crippen molar-refractivity contribution in [3.63, 3.8) is 0 Å². The fourth-order valence-corrected chi connectivity index (χ4v) is 4.53. The number of benzene rings is 2. The standard InChI is InChI=1S/C19H20N2O3S/c1-2-12-20-19(22)16-8-5-10-17(14-16)25(23,24)21-13-6-9-15-7-3-4-11-18(15)21/h2-5,7-8,10-11,14H,1,6,9,12-13H2,(H,20,22). The van der Waals surface area contributed by atoms with Crippen molar-refractivity contribution in [2.24, 2.45) is 0 Å². The molecule has 0 aliphatic carbocycles. The van der Waals surface area contributed by atoms with E-state index in [1.54, 1.807) is 18.2 Å². The molecule has 2 aromatic rings. The van der Waals surface area contributed by atoms with Crippen LogP contribution in [0.3, 0.4) is 0 Å². The van der Waals surface area contributed by atoms with E-state index in [1.165, 1.54) is 16.4 Å². The first kappa shape index (κ1) is 17.2. The average Bonchev–Trinajstić information content (AvgIpc) is 2.65. The molecular formula is C19H20N2O3S. The lowest BCUT2D eigenvalue weighted by atomic mass is 10.0. The van der Waals surface area contributed by atoms with Gasteiger partial charge in [-0.05, 0) is 42.7 Å². The molecule has 2 aromatic carbocycles. The highest BCUT2D eigenvalue weighted by molar-refractivity contribution is 7.92. The van der Waals surface area contributed by atoms with Crippen LogP contribution in [-0.4, -0.2) is 27.4 Å². The molecule has 0 saturated carbocycles. The summed E-state index contributed by atoms with van der Waals surface area (Å²) in [6.07, 6.45) is 3.21. The summed E-state index contributed by atoms with van der Waals surface area (Å²) in [5.74, 6) is -0.323. The molecule has 1 amide bonds. The molecule has 0 unspecified atom stereocenters. The Labute approximate surface area is 148 Å². The Balaban J connectivity index is 1.96. The van der Waals surface area contributed by atoms with Crippen molar-refractivity contribution in [1.82, 2.24) is 5.32 Å². The Kier molecular flexibility index (Phi) is 4.90. The van der Waals surface area contributed by atoms with Crippen molar-refractivity contribution in [2.45, 2.75) is 17.7 Å². The molecule has 0 spiro atoms. The molecule has 1 N–H and O–H groups in total. The highest BCUT2D eigenvalue weighted by Crippen LogP contribution is 2.31. The van der Waals surface area contributed by atoms with Crippen LogP contribution < -0.4 is 9.62 Å². The first-order valence-electron chi connectivity index (χ1n) is 8.14. The van der Waals surface area contributed by atoms with Crippen LogP contribution in [-0.2, 0) is 16.4 Å². The minimum Gasteiger partial charge on any atom is -0.349 e. The molecule has 0 bridgehead atoms. The molecule has 1 aliphatic heterocycles. The number of amides is 1. The van der Waals surface area contributed by atoms with Gasteiger partial charge in [-0.15, -0.1) is 6.58 Å². The van der Waals surface area contributed by atoms with E-state index >= 15 is 0 Å². The third kappa shape index (κ3) is 3.44. The maximum absolute atomic E-state index is 13.1. The van der Waals surface area contributed by atoms with E-state index in [0.29, 0.717) is 18.7 Å². The normalized spacial score (nSPS) is 13.8. The van der Waals surface area contributed by atoms with Crippen LogP contribution in [0.25, 0.3) is 0 Å². The minimum absolute atomic E-state index is 0.121. The first-order chi connectivity index (χ1) is 12.0. The van der Waals surface area contributed by atoms with Gasteiger partial charge >= 0.3 is 0 Å². The van der Waals surface area contributed by atoms with Gasteiger partial charge in [0.15, 0.2) is 0 Å². The second-order valence-corrected chi connectivity index (χ2v) is 7.70. The molecule has 1 aliphatic rings. The molecule has 0 radical (unpaired) electrons. The van der Waals surface area contributed by atoms with Crippen LogP contribution >= 0.6 is 0 Å². The van der Waals surface area contributed by atoms with Crippen LogP contribution in [0.5, 0.6) is 0 Å². The van der Waals surface area contributed by atoms with Crippen molar-refractivity contribution in [3.05, 3.63) is 72.3 Å². The van der Waals surface area contributed by atoms with Crippen molar-refractivity contribution >= 4 is 21.6 Å². The van der Waals surface area contributed by atoms with Gasteiger partial charge in [-0.3, -0.25) is 9.10 Å². The maximum atomic E-state index is 13.1. The molecule has 130 valence electrons. The summed E-state index contributed by atoms with van der Waals surface area (Å²) in [4.78, 5) is 12.2. The number of carbonyl (C=O) groups is 1. The van der Waals surface area contributed by atoms with Crippen LogP contribution in [0.2, 0.25) is 0 Å². The molecule has 0 fully saturated rings. The zero-order chi connectivity index (χ0) is 17.9. The molecular weight excluding hydrogens is 336 g/mol. The predicted octanol–water partition coefficient (Wildman–Crippen LogP) is 2.74. The van der Waals surface area contributed by atoms with Gasteiger partial charge in [0.25, 0.3) is 15.9 Å². The summed E-state index contributed by atoms with van der Waals surface area (Å²) in [6, 6.07) is 13.7. The Bertz CT molecular complexity index is 906. The predicted molar refractivity (Wildman–Crippen MR) is 98.3 cm³/mol. The monoisotopic (exact) mass is 356 g/mol. The fourth-order valence-electron chi connectivity index (χ4n) is 2.94. The van der Waals surface area contributed by atoms with Gasteiger partial charge in [0.05, 0.1) is 10.6 Å². The van der Waals surface area contributed by atoms with Crippen molar-refractivity contribution in [2.75, 3.05) is 17.4 Å². The smallest absolute Gasteiger partial charge is 0.264 e. The SMILES string of the molecule is C=CCNC(=O)c1cccc(S(=O)(=O)N2CCCc3ccccc32)c1. The van der Waals surface area contributed by atoms with E-state index < -0.39 is 10.0 Å². The van der Waals surface area contributed by atoms with Crippen LogP contribution in [0.1, 0.15) is 22.3 Å². The van der Waals surface area contributed by atoms with Crippen LogP contribution in [0, 0.1) is 0 Å². The minimum atomic E-state index is -3.72. The number of aryl methyl sites for hydroxylation is 1. The number of nitrogens with zero attached hydrogens (tertiary/aromatic N) is 1. The zero-order valence-corrected chi connectivity index (χ0v) is 14.6. The van der Waals surface area contributed by atoms with Gasteiger partial charge in [-0.2, -0.15) is 0 Å². The number of nitrogens with one attached hydrogen (secondary N) is 1. The van der Waals surface area contributed by atoms with Gasteiger partial charge in [0.1, 0.15) is 0 Å². The van der Waals surface area contributed by atoms with Crippen molar-refractivity contribution in [3.8, 4) is 0 Å². The van der Waals surface area contributed by atoms with E-state index in [2.05, 4.69) is 11.9 Å². The number of hydrogen-bond acceptors (Lipinski definition) is 3. The number of rotatable bonds is 5. The molecule has 0 atom stereocenters. The Morgan fingerprint density at radius 3 is 2.80 bits per heavy atom. The molecule has 5 nitrogen and oxygen atoms in total. The van der Waals surface area contributed by atoms with Gasteiger partial charge in [-0.25, -0.2) is 8.42 Å². The Morgan fingerprint density at radius 1 is 1.20 bits per heavy atom. The van der Waals surface area contributed by atoms with Gasteiger partial charge in [0, 0.05) is 18.7 Å². The third-order valence-electron chi connectivity index (χ3n) is 4.16. The quantitative estimate of drug-likeness (QED) is 0.838. The van der Waals surface area contributed by atoms with Crippen LogP contribution in [0.15, 0.2) is 66.1 Å². The summed E-state index contributed by atoms with van der Waals surface area (Å²) in [7, 11) is -3.72. The topological polar surface area (TPSA) is 66.5 Å². The summed E-state index contributed by atoms with van der Waals surface area (Å²) in [5, 5.41) is 2.66. The highest BCUT2D eigenvalue weighted by Gasteiger charge is 2.29. The number of para-hydroxylation sites is 1. The van der Waals surface area contributed by atoms with E-state index in [-0.39, 0.29) is 10.8 Å². The fraction of sp³-hybridized carbons (Fsp3) is 0.211. The molecule has 0 aromatic heterocycles. The summed E-state index contributed by atoms with van der Waals surface area (Å²) < 4.78 is 27.7. The first-order valence-corrected chi connectivity index (χ1v) is 9.58. The molecule has 25 heavy (non-hydrogen) atoms. The maximum Gasteiger partial charge on any atom is 0.264 e. The van der Waals surface area contributed by atoms with E-state index in [9.17, 15) is 13.2 Å². The lowest BCUT2D eigenvalue weighted by molar-refractivity contribution is 0.0958. The number of carbonyl (C=O) groups excluding carboxylic acids is 1. The van der Waals surface area contributed by atoms with Crippen molar-refractivity contribution < 1.29 is 13.2 Å². The average molecular weight is 356 g/mol. The second-order valence-electron chi connectivity index (χ2n) is 5.84. The van der Waals surface area contributed by atoms with E-state index in [0.717, 1.165) is 24.1 Å². The summed E-state index contributed by atoms with van der Waals surface area (Å²) >= 11 is 0. The highest BCUT2D eigenvalue weighted by atomic mass is 32.2. The van der Waals surface area contributed by atoms with Gasteiger partial charge < -0.3 is 5.32 Å². The Morgan fingerprint density at radius 2 is 2.00 bits per heavy atom. The molecule has 0 saturated heterocycles. The van der Waals surface area contributed by atoms with Crippen molar-refractivity contribution in [1.29, 1.82) is 0 Å². The molecule has 1 heterocycles. The number of anilines is 1. The molecule has 6 heteroatoms. The lowest BCUT2D eigenvalue weighted by Crippen LogP contribution is -2.35. The summed E-state index contributed by atoms with van der Waals surface area (Å²) in [6.45, 7) is 4.31. The van der Waals surface area contributed by atoms with Crippen LogP contribution in [0.4, 0.5) is 5.69 Å². The lowest BCUT2D eigenvalue weighted by Gasteiger charge is -2.30. The Hall–Kier alpha value is -2.60. The zero-order valence-electron chi connectivity index (χ0n) is 13.8. The summed E-state index contributed by atoms with van der Waals surface area (Å²) in [5.41, 5.74) is 2.06. The number of hydrogen-bond donors (Lipinski definition) is 1. The number of sulfonamides is 1. The third-order valence-corrected chi connectivity index (χ3v) is 5.97. The van der Waals surface area contributed by atoms with E-state index in [4.69, 9.17) is 0 Å². The largest absolute Gasteiger partial charge is 0.349 e. The number of fused-ring (bicyclic) bond motifs is 1. The van der Waals surface area contributed by atoms with E-state index in [1.807, 2.05) is 24.3 Å². The van der Waals surface area contributed by atoms with Gasteiger partial charge in [0.2, 0.25) is 0 Å². The second kappa shape index (κ2) is 7.11.